The number of methoxy groups -OCH3 is 2. The molecule has 2 rings (SSSR count). The van der Waals surface area contributed by atoms with E-state index < -0.39 is 10.0 Å². The molecule has 0 unspecified atom stereocenters. The Morgan fingerprint density at radius 3 is 2.13 bits per heavy atom. The standard InChI is InChI=1S/C14H19ClN2O5S/c1-10(18)16-4-6-17(7-5-16)23(19,20)14-9-12(21-2)11(15)8-13(14)22-3/h8-9H,4-7H2,1-3H3. The zero-order valence-corrected chi connectivity index (χ0v) is 14.8. The van der Waals surface area contributed by atoms with Gasteiger partial charge in [0.1, 0.15) is 16.4 Å². The average Bonchev–Trinajstić information content (AvgIpc) is 2.54. The molecular weight excluding hydrogens is 344 g/mol. The van der Waals surface area contributed by atoms with Crippen LogP contribution in [0.4, 0.5) is 0 Å². The van der Waals surface area contributed by atoms with E-state index in [1.165, 1.54) is 37.6 Å². The highest BCUT2D eigenvalue weighted by Crippen LogP contribution is 2.36. The highest BCUT2D eigenvalue weighted by molar-refractivity contribution is 7.89. The Balaban J connectivity index is 2.35. The van der Waals surface area contributed by atoms with Crippen LogP contribution < -0.4 is 9.47 Å². The summed E-state index contributed by atoms with van der Waals surface area (Å²) in [7, 11) is -0.979. The van der Waals surface area contributed by atoms with Gasteiger partial charge in [0.2, 0.25) is 15.9 Å². The Bertz CT molecular complexity index is 699. The third-order valence-electron chi connectivity index (χ3n) is 3.74. The van der Waals surface area contributed by atoms with Crippen molar-refractivity contribution in [1.29, 1.82) is 0 Å². The maximum absolute atomic E-state index is 12.9. The second kappa shape index (κ2) is 6.94. The molecule has 1 saturated heterocycles. The molecule has 1 aromatic carbocycles. The van der Waals surface area contributed by atoms with Crippen molar-refractivity contribution >= 4 is 27.5 Å². The van der Waals surface area contributed by atoms with Gasteiger partial charge in [-0.3, -0.25) is 4.79 Å². The van der Waals surface area contributed by atoms with Gasteiger partial charge in [0.25, 0.3) is 0 Å². The molecule has 0 aromatic heterocycles. The fourth-order valence-corrected chi connectivity index (χ4v) is 4.22. The van der Waals surface area contributed by atoms with Gasteiger partial charge < -0.3 is 14.4 Å². The highest BCUT2D eigenvalue weighted by Gasteiger charge is 2.32. The number of hydrogen-bond donors (Lipinski definition) is 0. The Kier molecular flexibility index (Phi) is 5.38. The predicted molar refractivity (Wildman–Crippen MR) is 85.6 cm³/mol. The zero-order valence-electron chi connectivity index (χ0n) is 13.2. The number of carbonyl (C=O) groups is 1. The van der Waals surface area contributed by atoms with E-state index in [9.17, 15) is 13.2 Å². The molecule has 1 aliphatic rings. The van der Waals surface area contributed by atoms with Crippen LogP contribution in [0.15, 0.2) is 17.0 Å². The van der Waals surface area contributed by atoms with Gasteiger partial charge in [-0.1, -0.05) is 11.6 Å². The monoisotopic (exact) mass is 362 g/mol. The number of amides is 1. The number of rotatable bonds is 4. The number of sulfonamides is 1. The Hall–Kier alpha value is -1.51. The van der Waals surface area contributed by atoms with Gasteiger partial charge in [0.15, 0.2) is 0 Å². The number of ether oxygens (including phenoxy) is 2. The van der Waals surface area contributed by atoms with Crippen molar-refractivity contribution in [2.75, 3.05) is 40.4 Å². The number of hydrogen-bond acceptors (Lipinski definition) is 5. The number of carbonyl (C=O) groups excluding carboxylic acids is 1. The zero-order chi connectivity index (χ0) is 17.2. The van der Waals surface area contributed by atoms with Crippen LogP contribution in [0.1, 0.15) is 6.92 Å². The van der Waals surface area contributed by atoms with Gasteiger partial charge in [-0.25, -0.2) is 8.42 Å². The first-order valence-corrected chi connectivity index (χ1v) is 8.80. The van der Waals surface area contributed by atoms with Crippen LogP contribution in [0, 0.1) is 0 Å². The molecule has 1 aliphatic heterocycles. The van der Waals surface area contributed by atoms with E-state index in [-0.39, 0.29) is 40.4 Å². The summed E-state index contributed by atoms with van der Waals surface area (Å²) in [6.45, 7) is 2.66. The maximum Gasteiger partial charge on any atom is 0.247 e. The largest absolute Gasteiger partial charge is 0.495 e. The molecule has 23 heavy (non-hydrogen) atoms. The van der Waals surface area contributed by atoms with E-state index in [0.29, 0.717) is 13.1 Å². The molecule has 128 valence electrons. The Labute approximate surface area is 140 Å². The third-order valence-corrected chi connectivity index (χ3v) is 5.96. The lowest BCUT2D eigenvalue weighted by atomic mass is 10.3. The molecule has 0 radical (unpaired) electrons. The molecule has 1 heterocycles. The molecule has 1 amide bonds. The third kappa shape index (κ3) is 3.54. The van der Waals surface area contributed by atoms with Crippen LogP contribution in [0.3, 0.4) is 0 Å². The minimum Gasteiger partial charge on any atom is -0.495 e. The van der Waals surface area contributed by atoms with Crippen LogP contribution in [0.5, 0.6) is 11.5 Å². The minimum absolute atomic E-state index is 0.00229. The van der Waals surface area contributed by atoms with E-state index in [1.54, 1.807) is 4.90 Å². The van der Waals surface area contributed by atoms with E-state index in [2.05, 4.69) is 0 Å². The van der Waals surface area contributed by atoms with Crippen LogP contribution >= 0.6 is 11.6 Å². The summed E-state index contributed by atoms with van der Waals surface area (Å²) >= 11 is 6.01. The van der Waals surface area contributed by atoms with E-state index >= 15 is 0 Å². The summed E-state index contributed by atoms with van der Waals surface area (Å²) in [5.41, 5.74) is 0. The Morgan fingerprint density at radius 1 is 1.09 bits per heavy atom. The van der Waals surface area contributed by atoms with Crippen molar-refractivity contribution in [2.24, 2.45) is 0 Å². The molecule has 0 spiro atoms. The first-order chi connectivity index (χ1) is 10.8. The first-order valence-electron chi connectivity index (χ1n) is 6.98. The lowest BCUT2D eigenvalue weighted by Gasteiger charge is -2.33. The van der Waals surface area contributed by atoms with Crippen LogP contribution in [0.25, 0.3) is 0 Å². The summed E-state index contributed by atoms with van der Waals surface area (Å²) in [5, 5.41) is 0.268. The number of halogens is 1. The fraction of sp³-hybridized carbons (Fsp3) is 0.500. The van der Waals surface area contributed by atoms with E-state index in [1.807, 2.05) is 0 Å². The Morgan fingerprint density at radius 2 is 1.65 bits per heavy atom. The topological polar surface area (TPSA) is 76.2 Å². The maximum atomic E-state index is 12.9. The summed E-state index contributed by atoms with van der Waals surface area (Å²) in [6.07, 6.45) is 0. The lowest BCUT2D eigenvalue weighted by Crippen LogP contribution is -2.49. The molecule has 0 N–H and O–H groups in total. The number of nitrogens with zero attached hydrogens (tertiary/aromatic N) is 2. The molecule has 1 fully saturated rings. The van der Waals surface area contributed by atoms with Gasteiger partial charge in [0, 0.05) is 45.2 Å². The molecule has 1 aromatic rings. The average molecular weight is 363 g/mol. The molecule has 0 aliphatic carbocycles. The number of benzene rings is 1. The number of piperazine rings is 1. The molecule has 0 bridgehead atoms. The minimum atomic E-state index is -3.77. The van der Waals surface area contributed by atoms with Gasteiger partial charge in [0.05, 0.1) is 19.2 Å². The van der Waals surface area contributed by atoms with Crippen molar-refractivity contribution in [1.82, 2.24) is 9.21 Å². The van der Waals surface area contributed by atoms with Gasteiger partial charge >= 0.3 is 0 Å². The van der Waals surface area contributed by atoms with E-state index in [4.69, 9.17) is 21.1 Å². The van der Waals surface area contributed by atoms with Crippen molar-refractivity contribution in [2.45, 2.75) is 11.8 Å². The molecule has 9 heteroatoms. The second-order valence-electron chi connectivity index (χ2n) is 5.05. The SMILES string of the molecule is COc1cc(S(=O)(=O)N2CCN(C(C)=O)CC2)c(OC)cc1Cl. The van der Waals surface area contributed by atoms with Crippen LogP contribution in [-0.2, 0) is 14.8 Å². The summed E-state index contributed by atoms with van der Waals surface area (Å²) in [4.78, 5) is 13.0. The van der Waals surface area contributed by atoms with Crippen molar-refractivity contribution < 1.29 is 22.7 Å². The molecular formula is C14H19ClN2O5S. The van der Waals surface area contributed by atoms with Crippen molar-refractivity contribution in [3.05, 3.63) is 17.2 Å². The van der Waals surface area contributed by atoms with Crippen LogP contribution in [0.2, 0.25) is 5.02 Å². The predicted octanol–water partition coefficient (Wildman–Crippen LogP) is 1.21. The highest BCUT2D eigenvalue weighted by atomic mass is 35.5. The van der Waals surface area contributed by atoms with E-state index in [0.717, 1.165) is 0 Å². The smallest absolute Gasteiger partial charge is 0.247 e. The van der Waals surface area contributed by atoms with Crippen molar-refractivity contribution in [3.8, 4) is 11.5 Å². The first kappa shape index (κ1) is 17.8. The van der Waals surface area contributed by atoms with Gasteiger partial charge in [-0.05, 0) is 0 Å². The molecule has 0 atom stereocenters. The van der Waals surface area contributed by atoms with Crippen molar-refractivity contribution in [3.63, 3.8) is 0 Å². The molecule has 0 saturated carbocycles. The van der Waals surface area contributed by atoms with Gasteiger partial charge in [-0.2, -0.15) is 4.31 Å². The second-order valence-corrected chi connectivity index (χ2v) is 7.36. The normalized spacial score (nSPS) is 16.3. The lowest BCUT2D eigenvalue weighted by molar-refractivity contribution is -0.129. The molecule has 7 nitrogen and oxygen atoms in total. The summed E-state index contributed by atoms with van der Waals surface area (Å²) in [5.74, 6) is 0.353. The quantitative estimate of drug-likeness (QED) is 0.804. The fourth-order valence-electron chi connectivity index (χ4n) is 2.42. The van der Waals surface area contributed by atoms with Crippen LogP contribution in [-0.4, -0.2) is 63.9 Å². The summed E-state index contributed by atoms with van der Waals surface area (Å²) in [6, 6.07) is 2.77. The van der Waals surface area contributed by atoms with Gasteiger partial charge in [-0.15, -0.1) is 0 Å². The summed E-state index contributed by atoms with van der Waals surface area (Å²) < 4.78 is 37.3.